The van der Waals surface area contributed by atoms with Gasteiger partial charge < -0.3 is 4.74 Å². The van der Waals surface area contributed by atoms with Gasteiger partial charge in [-0.25, -0.2) is 0 Å². The number of hydrogen-bond acceptors (Lipinski definition) is 3. The van der Waals surface area contributed by atoms with E-state index >= 15 is 0 Å². The minimum atomic E-state index is -0.208. The SMILES string of the molecule is CCO/C=C(/C#N)C1CCCCC1=O. The Morgan fingerprint density at radius 3 is 3.07 bits per heavy atom. The van der Waals surface area contributed by atoms with E-state index in [4.69, 9.17) is 10.00 Å². The molecular formula is C11H15NO2. The van der Waals surface area contributed by atoms with Crippen LogP contribution >= 0.6 is 0 Å². The van der Waals surface area contributed by atoms with Crippen molar-refractivity contribution in [3.05, 3.63) is 11.8 Å². The maximum Gasteiger partial charge on any atom is 0.141 e. The lowest BCUT2D eigenvalue weighted by molar-refractivity contribution is -0.123. The Labute approximate surface area is 84.4 Å². The fourth-order valence-electron chi connectivity index (χ4n) is 1.67. The average Bonchev–Trinajstić information content (AvgIpc) is 2.21. The first-order valence-electron chi connectivity index (χ1n) is 5.04. The summed E-state index contributed by atoms with van der Waals surface area (Å²) < 4.78 is 5.05. The van der Waals surface area contributed by atoms with E-state index in [0.29, 0.717) is 18.6 Å². The largest absolute Gasteiger partial charge is 0.500 e. The molecule has 1 atom stereocenters. The highest BCUT2D eigenvalue weighted by molar-refractivity contribution is 5.85. The lowest BCUT2D eigenvalue weighted by Crippen LogP contribution is -2.20. The van der Waals surface area contributed by atoms with Gasteiger partial charge in [0.05, 0.1) is 30.4 Å². The molecule has 0 saturated heterocycles. The average molecular weight is 193 g/mol. The quantitative estimate of drug-likeness (QED) is 0.510. The Morgan fingerprint density at radius 2 is 2.50 bits per heavy atom. The Balaban J connectivity index is 2.68. The van der Waals surface area contributed by atoms with E-state index in [0.717, 1.165) is 19.3 Å². The number of nitrogens with zero attached hydrogens (tertiary/aromatic N) is 1. The van der Waals surface area contributed by atoms with Gasteiger partial charge in [-0.3, -0.25) is 4.79 Å². The molecule has 1 fully saturated rings. The van der Waals surface area contributed by atoms with Crippen molar-refractivity contribution < 1.29 is 9.53 Å². The Bertz CT molecular complexity index is 276. The first-order valence-corrected chi connectivity index (χ1v) is 5.04. The predicted octanol–water partition coefficient (Wildman–Crippen LogP) is 2.19. The molecule has 0 spiro atoms. The van der Waals surface area contributed by atoms with E-state index in [2.05, 4.69) is 6.07 Å². The molecule has 0 N–H and O–H groups in total. The van der Waals surface area contributed by atoms with E-state index in [1.54, 1.807) is 0 Å². The number of rotatable bonds is 3. The van der Waals surface area contributed by atoms with Gasteiger partial charge in [0.25, 0.3) is 0 Å². The molecule has 1 aliphatic rings. The van der Waals surface area contributed by atoms with Crippen LogP contribution in [0.1, 0.15) is 32.6 Å². The van der Waals surface area contributed by atoms with Crippen molar-refractivity contribution in [1.29, 1.82) is 5.26 Å². The molecule has 0 aromatic carbocycles. The number of hydrogen-bond donors (Lipinski definition) is 0. The third kappa shape index (κ3) is 2.59. The second-order valence-electron chi connectivity index (χ2n) is 3.41. The van der Waals surface area contributed by atoms with Crippen molar-refractivity contribution in [3.8, 4) is 6.07 Å². The summed E-state index contributed by atoms with van der Waals surface area (Å²) in [6.07, 6.45) is 4.83. The highest BCUT2D eigenvalue weighted by Crippen LogP contribution is 2.26. The van der Waals surface area contributed by atoms with Crippen molar-refractivity contribution in [2.75, 3.05) is 6.61 Å². The van der Waals surface area contributed by atoms with Gasteiger partial charge in [0, 0.05) is 6.42 Å². The highest BCUT2D eigenvalue weighted by atomic mass is 16.5. The van der Waals surface area contributed by atoms with Crippen molar-refractivity contribution >= 4 is 5.78 Å². The molecule has 1 aliphatic carbocycles. The predicted molar refractivity (Wildman–Crippen MR) is 52.3 cm³/mol. The summed E-state index contributed by atoms with van der Waals surface area (Å²) in [5.74, 6) is -0.0240. The molecule has 0 aromatic heterocycles. The molecule has 3 heteroatoms. The van der Waals surface area contributed by atoms with Crippen LogP contribution in [0.3, 0.4) is 0 Å². The molecule has 0 aliphatic heterocycles. The van der Waals surface area contributed by atoms with Crippen LogP contribution < -0.4 is 0 Å². The number of ketones is 1. The summed E-state index contributed by atoms with van der Waals surface area (Å²) in [4.78, 5) is 11.5. The van der Waals surface area contributed by atoms with E-state index in [1.807, 2.05) is 6.92 Å². The fraction of sp³-hybridized carbons (Fsp3) is 0.636. The van der Waals surface area contributed by atoms with Crippen LogP contribution in [0.15, 0.2) is 11.8 Å². The highest BCUT2D eigenvalue weighted by Gasteiger charge is 2.25. The van der Waals surface area contributed by atoms with E-state index < -0.39 is 0 Å². The van der Waals surface area contributed by atoms with Crippen LogP contribution in [0.2, 0.25) is 0 Å². The minimum absolute atomic E-state index is 0.184. The van der Waals surface area contributed by atoms with E-state index in [-0.39, 0.29) is 11.7 Å². The molecule has 14 heavy (non-hydrogen) atoms. The second-order valence-corrected chi connectivity index (χ2v) is 3.41. The van der Waals surface area contributed by atoms with Crippen LogP contribution in [0.25, 0.3) is 0 Å². The molecule has 76 valence electrons. The molecular weight excluding hydrogens is 178 g/mol. The van der Waals surface area contributed by atoms with Crippen molar-refractivity contribution in [2.24, 2.45) is 5.92 Å². The third-order valence-corrected chi connectivity index (χ3v) is 2.44. The number of ether oxygens (including phenoxy) is 1. The van der Waals surface area contributed by atoms with Crippen LogP contribution in [0.5, 0.6) is 0 Å². The standard InChI is InChI=1S/C11H15NO2/c1-2-14-8-9(7-12)10-5-3-4-6-11(10)13/h8,10H,2-6H2,1H3/b9-8-. The van der Waals surface area contributed by atoms with Gasteiger partial charge in [-0.15, -0.1) is 0 Å². The molecule has 0 amide bonds. The second kappa shape index (κ2) is 5.43. The summed E-state index contributed by atoms with van der Waals surface area (Å²) in [6, 6.07) is 2.05. The first-order chi connectivity index (χ1) is 6.79. The molecule has 1 saturated carbocycles. The van der Waals surface area contributed by atoms with Gasteiger partial charge in [-0.05, 0) is 19.8 Å². The minimum Gasteiger partial charge on any atom is -0.500 e. The maximum atomic E-state index is 11.5. The van der Waals surface area contributed by atoms with Gasteiger partial charge in [0.1, 0.15) is 5.78 Å². The third-order valence-electron chi connectivity index (χ3n) is 2.44. The summed E-state index contributed by atoms with van der Waals surface area (Å²) >= 11 is 0. The number of nitriles is 1. The molecule has 0 aromatic rings. The lowest BCUT2D eigenvalue weighted by Gasteiger charge is -2.19. The molecule has 1 unspecified atom stereocenters. The van der Waals surface area contributed by atoms with Crippen LogP contribution in [0.4, 0.5) is 0 Å². The van der Waals surface area contributed by atoms with E-state index in [9.17, 15) is 4.79 Å². The molecule has 3 nitrogen and oxygen atoms in total. The van der Waals surface area contributed by atoms with Crippen LogP contribution in [-0.4, -0.2) is 12.4 Å². The van der Waals surface area contributed by atoms with Crippen molar-refractivity contribution in [3.63, 3.8) is 0 Å². The lowest BCUT2D eigenvalue weighted by atomic mass is 9.83. The van der Waals surface area contributed by atoms with Crippen LogP contribution in [0, 0.1) is 17.2 Å². The van der Waals surface area contributed by atoms with Crippen LogP contribution in [-0.2, 0) is 9.53 Å². The van der Waals surface area contributed by atoms with Gasteiger partial charge in [-0.1, -0.05) is 6.42 Å². The number of carbonyl (C=O) groups is 1. The summed E-state index contributed by atoms with van der Waals surface area (Å²) in [7, 11) is 0. The molecule has 1 rings (SSSR count). The Hall–Kier alpha value is -1.30. The molecule has 0 heterocycles. The van der Waals surface area contributed by atoms with Gasteiger partial charge in [0.15, 0.2) is 0 Å². The zero-order chi connectivity index (χ0) is 10.4. The number of allylic oxidation sites excluding steroid dienone is 1. The number of carbonyl (C=O) groups excluding carboxylic acids is 1. The maximum absolute atomic E-state index is 11.5. The van der Waals surface area contributed by atoms with Gasteiger partial charge in [-0.2, -0.15) is 5.26 Å². The summed E-state index contributed by atoms with van der Waals surface area (Å²) in [5, 5.41) is 8.87. The molecule has 0 bridgehead atoms. The zero-order valence-electron chi connectivity index (χ0n) is 8.45. The Kier molecular flexibility index (Phi) is 4.18. The van der Waals surface area contributed by atoms with Crippen molar-refractivity contribution in [1.82, 2.24) is 0 Å². The van der Waals surface area contributed by atoms with Crippen molar-refractivity contribution in [2.45, 2.75) is 32.6 Å². The number of Topliss-reactive ketones (excluding diaryl/α,β-unsaturated/α-hetero) is 1. The monoisotopic (exact) mass is 193 g/mol. The topological polar surface area (TPSA) is 50.1 Å². The molecule has 0 radical (unpaired) electrons. The normalized spacial score (nSPS) is 23.0. The Morgan fingerprint density at radius 1 is 1.71 bits per heavy atom. The first kappa shape index (κ1) is 10.8. The van der Waals surface area contributed by atoms with E-state index in [1.165, 1.54) is 6.26 Å². The zero-order valence-corrected chi connectivity index (χ0v) is 8.45. The summed E-state index contributed by atoms with van der Waals surface area (Å²) in [6.45, 7) is 2.39. The smallest absolute Gasteiger partial charge is 0.141 e. The fourth-order valence-corrected chi connectivity index (χ4v) is 1.67. The van der Waals surface area contributed by atoms with Gasteiger partial charge >= 0.3 is 0 Å². The summed E-state index contributed by atoms with van der Waals surface area (Å²) in [5.41, 5.74) is 0.483. The van der Waals surface area contributed by atoms with Gasteiger partial charge in [0.2, 0.25) is 0 Å².